The molecular weight excluding hydrogens is 230 g/mol. The van der Waals surface area contributed by atoms with Crippen LogP contribution in [0, 0.1) is 5.41 Å². The highest BCUT2D eigenvalue weighted by Crippen LogP contribution is 2.12. The summed E-state index contributed by atoms with van der Waals surface area (Å²) in [6.45, 7) is 13.8. The summed E-state index contributed by atoms with van der Waals surface area (Å²) in [5, 5.41) is 7.73. The van der Waals surface area contributed by atoms with Crippen LogP contribution in [0.4, 0.5) is 0 Å². The predicted octanol–water partition coefficient (Wildman–Crippen LogP) is 5.78. The van der Waals surface area contributed by atoms with Gasteiger partial charge in [0.2, 0.25) is 0 Å². The molecule has 0 bridgehead atoms. The van der Waals surface area contributed by atoms with Crippen molar-refractivity contribution in [3.8, 4) is 0 Å². The predicted molar refractivity (Wildman–Crippen MR) is 87.9 cm³/mol. The lowest BCUT2D eigenvalue weighted by molar-refractivity contribution is 0.847. The molecule has 0 amide bonds. The van der Waals surface area contributed by atoms with E-state index in [1.165, 1.54) is 0 Å². The fourth-order valence-electron chi connectivity index (χ4n) is 1.55. The van der Waals surface area contributed by atoms with E-state index in [0.29, 0.717) is 5.71 Å². The molecule has 0 rings (SSSR count). The zero-order valence-corrected chi connectivity index (χ0v) is 12.6. The van der Waals surface area contributed by atoms with E-state index in [2.05, 4.69) is 38.3 Å². The van der Waals surface area contributed by atoms with Gasteiger partial charge in [0.25, 0.3) is 0 Å². The van der Waals surface area contributed by atoms with Crippen molar-refractivity contribution in [2.75, 3.05) is 0 Å². The van der Waals surface area contributed by atoms with Crippen LogP contribution in [0.5, 0.6) is 0 Å². The van der Waals surface area contributed by atoms with E-state index in [4.69, 9.17) is 5.41 Å². The molecule has 1 nitrogen and oxygen atoms in total. The molecule has 0 unspecified atom stereocenters. The Morgan fingerprint density at radius 3 is 2.32 bits per heavy atom. The first-order valence-corrected chi connectivity index (χ1v) is 6.91. The molecule has 1 N–H and O–H groups in total. The first kappa shape index (κ1) is 17.4. The van der Waals surface area contributed by atoms with Crippen LogP contribution < -0.4 is 0 Å². The molecule has 0 saturated heterocycles. The summed E-state index contributed by atoms with van der Waals surface area (Å²) < 4.78 is 0. The monoisotopic (exact) mass is 257 g/mol. The van der Waals surface area contributed by atoms with Gasteiger partial charge in [0, 0.05) is 5.71 Å². The van der Waals surface area contributed by atoms with Gasteiger partial charge in [-0.1, -0.05) is 61.6 Å². The van der Waals surface area contributed by atoms with Gasteiger partial charge in [-0.05, 0) is 45.1 Å². The van der Waals surface area contributed by atoms with Gasteiger partial charge in [-0.3, -0.25) is 0 Å². The van der Waals surface area contributed by atoms with Gasteiger partial charge in [-0.25, -0.2) is 0 Å². The van der Waals surface area contributed by atoms with E-state index in [0.717, 1.165) is 42.4 Å². The van der Waals surface area contributed by atoms with Crippen LogP contribution in [0.3, 0.4) is 0 Å². The molecule has 0 aliphatic heterocycles. The van der Waals surface area contributed by atoms with Crippen LogP contribution in [0.25, 0.3) is 0 Å². The third kappa shape index (κ3) is 10.0. The quantitative estimate of drug-likeness (QED) is 0.308. The minimum Gasteiger partial charge on any atom is -0.305 e. The van der Waals surface area contributed by atoms with Crippen LogP contribution >= 0.6 is 0 Å². The average molecular weight is 257 g/mol. The van der Waals surface area contributed by atoms with Gasteiger partial charge in [-0.2, -0.15) is 0 Å². The smallest absolute Gasteiger partial charge is 0.0355 e. The number of hydrogen-bond donors (Lipinski definition) is 1. The van der Waals surface area contributed by atoms with Gasteiger partial charge < -0.3 is 5.41 Å². The molecule has 0 aliphatic rings. The maximum Gasteiger partial charge on any atom is 0.0355 e. The van der Waals surface area contributed by atoms with Crippen molar-refractivity contribution in [3.63, 3.8) is 0 Å². The highest BCUT2D eigenvalue weighted by Gasteiger charge is 1.97. The Bertz CT molecular complexity index is 405. The second-order valence-corrected chi connectivity index (χ2v) is 4.83. The normalized spacial score (nSPS) is 12.3. The summed E-state index contributed by atoms with van der Waals surface area (Å²) in [6, 6.07) is 0. The molecule has 0 saturated carbocycles. The molecule has 0 atom stereocenters. The van der Waals surface area contributed by atoms with Crippen molar-refractivity contribution in [3.05, 3.63) is 60.3 Å². The van der Waals surface area contributed by atoms with Crippen molar-refractivity contribution in [1.82, 2.24) is 0 Å². The lowest BCUT2D eigenvalue weighted by atomic mass is 10.0. The Morgan fingerprint density at radius 2 is 1.79 bits per heavy atom. The van der Waals surface area contributed by atoms with Gasteiger partial charge in [-0.15, -0.1) is 0 Å². The fourth-order valence-corrected chi connectivity index (χ4v) is 1.55. The molecular formula is C18H27N. The third-order valence-electron chi connectivity index (χ3n) is 2.60. The number of unbranched alkanes of at least 4 members (excludes halogenated alkanes) is 1. The fraction of sp³-hybridized carbons (Fsp3) is 0.389. The Morgan fingerprint density at radius 1 is 1.11 bits per heavy atom. The molecule has 19 heavy (non-hydrogen) atoms. The topological polar surface area (TPSA) is 23.9 Å². The summed E-state index contributed by atoms with van der Waals surface area (Å²) in [7, 11) is 0. The van der Waals surface area contributed by atoms with Gasteiger partial charge >= 0.3 is 0 Å². The molecule has 0 aromatic heterocycles. The van der Waals surface area contributed by atoms with E-state index in [1.807, 2.05) is 26.0 Å². The summed E-state index contributed by atoms with van der Waals surface area (Å²) in [5.41, 5.74) is 3.73. The van der Waals surface area contributed by atoms with Crippen LogP contribution in [0.2, 0.25) is 0 Å². The SMILES string of the molecule is C=C(C)C=CCCCC(=C)C=C(C=CCC)C(C)=N. The molecule has 0 spiro atoms. The zero-order valence-electron chi connectivity index (χ0n) is 12.6. The lowest BCUT2D eigenvalue weighted by Gasteiger charge is -2.03. The second-order valence-electron chi connectivity index (χ2n) is 4.83. The third-order valence-corrected chi connectivity index (χ3v) is 2.60. The van der Waals surface area contributed by atoms with E-state index in [-0.39, 0.29) is 0 Å². The maximum absolute atomic E-state index is 7.73. The lowest BCUT2D eigenvalue weighted by Crippen LogP contribution is -1.93. The van der Waals surface area contributed by atoms with E-state index in [1.54, 1.807) is 0 Å². The summed E-state index contributed by atoms with van der Waals surface area (Å²) in [6.07, 6.45) is 14.4. The average Bonchev–Trinajstić information content (AvgIpc) is 2.33. The molecule has 1 heteroatoms. The number of nitrogens with one attached hydrogen (secondary N) is 1. The highest BCUT2D eigenvalue weighted by atomic mass is 14.4. The van der Waals surface area contributed by atoms with Crippen molar-refractivity contribution in [2.24, 2.45) is 0 Å². The number of hydrogen-bond acceptors (Lipinski definition) is 1. The first-order valence-electron chi connectivity index (χ1n) is 6.91. The number of allylic oxidation sites excluding steroid dienone is 8. The largest absolute Gasteiger partial charge is 0.305 e. The Labute approximate surface area is 118 Å². The summed E-state index contributed by atoms with van der Waals surface area (Å²) >= 11 is 0. The van der Waals surface area contributed by atoms with Gasteiger partial charge in [0.15, 0.2) is 0 Å². The molecule has 0 heterocycles. The zero-order chi connectivity index (χ0) is 14.7. The Balaban J connectivity index is 4.29. The molecule has 0 radical (unpaired) electrons. The van der Waals surface area contributed by atoms with Gasteiger partial charge in [0.05, 0.1) is 0 Å². The summed E-state index contributed by atoms with van der Waals surface area (Å²) in [5.74, 6) is 0. The number of rotatable bonds is 9. The molecule has 0 aromatic carbocycles. The van der Waals surface area contributed by atoms with Crippen molar-refractivity contribution in [2.45, 2.75) is 46.5 Å². The maximum atomic E-state index is 7.73. The van der Waals surface area contributed by atoms with Crippen molar-refractivity contribution >= 4 is 5.71 Å². The molecule has 0 aliphatic carbocycles. The Kier molecular flexibility index (Phi) is 9.42. The first-order chi connectivity index (χ1) is 8.97. The summed E-state index contributed by atoms with van der Waals surface area (Å²) in [4.78, 5) is 0. The minimum atomic E-state index is 0.591. The van der Waals surface area contributed by atoms with Crippen LogP contribution in [0.15, 0.2) is 60.3 Å². The molecule has 0 aromatic rings. The molecule has 104 valence electrons. The van der Waals surface area contributed by atoms with E-state index < -0.39 is 0 Å². The van der Waals surface area contributed by atoms with Crippen LogP contribution in [-0.2, 0) is 0 Å². The van der Waals surface area contributed by atoms with Gasteiger partial charge in [0.1, 0.15) is 0 Å². The van der Waals surface area contributed by atoms with Crippen LogP contribution in [0.1, 0.15) is 46.5 Å². The minimum absolute atomic E-state index is 0.591. The van der Waals surface area contributed by atoms with Crippen molar-refractivity contribution in [1.29, 1.82) is 5.41 Å². The van der Waals surface area contributed by atoms with E-state index in [9.17, 15) is 0 Å². The van der Waals surface area contributed by atoms with Crippen LogP contribution in [-0.4, -0.2) is 5.71 Å². The Hall–Kier alpha value is -1.63. The van der Waals surface area contributed by atoms with E-state index >= 15 is 0 Å². The molecule has 0 fully saturated rings. The standard InChI is InChI=1S/C18H27N/c1-6-7-13-18(17(5)19)14-16(4)12-10-8-9-11-15(2)3/h7,9,11,13-14,19H,2,4,6,8,10,12H2,1,3,5H3. The second kappa shape index (κ2) is 10.3. The highest BCUT2D eigenvalue weighted by molar-refractivity contribution is 5.98. The van der Waals surface area contributed by atoms with Crippen molar-refractivity contribution < 1.29 is 0 Å².